The maximum absolute atomic E-state index is 4.23. The monoisotopic (exact) mass is 604 g/mol. The standard InChI is InChI=1S/C43H30N2.C2H6/c1-4-30-31(5-2)41-27(3)25-29(26-37(41)33-18-10-9-17-32(30)33)45-38-21-13-11-19-34(38)35-23-24-40-42(43(35)45)36-20-12-14-22-39(36)44(40)28-15-7-6-8-16-28;1-2/h4-26H,1-2H2,3H3;1-2H3. The number of aromatic nitrogens is 2. The number of nitrogens with zero attached hydrogens (tertiary/aromatic N) is 2. The van der Waals surface area contributed by atoms with Gasteiger partial charge in [0.25, 0.3) is 0 Å². The van der Waals surface area contributed by atoms with Crippen LogP contribution in [0.4, 0.5) is 0 Å². The normalized spacial score (nSPS) is 11.5. The number of aryl methyl sites for hydroxylation is 1. The minimum atomic E-state index is 1.14. The van der Waals surface area contributed by atoms with Crippen molar-refractivity contribution in [1.29, 1.82) is 0 Å². The zero-order chi connectivity index (χ0) is 32.2. The average Bonchev–Trinajstić information content (AvgIpc) is 3.65. The molecule has 47 heavy (non-hydrogen) atoms. The number of hydrogen-bond donors (Lipinski definition) is 0. The fourth-order valence-corrected chi connectivity index (χ4v) is 7.76. The Kier molecular flexibility index (Phi) is 6.81. The molecule has 9 rings (SSSR count). The van der Waals surface area contributed by atoms with Crippen molar-refractivity contribution in [2.75, 3.05) is 0 Å². The Morgan fingerprint density at radius 2 is 1.04 bits per heavy atom. The maximum Gasteiger partial charge on any atom is 0.0641 e. The second-order valence-electron chi connectivity index (χ2n) is 11.9. The zero-order valence-corrected chi connectivity index (χ0v) is 27.1. The van der Waals surface area contributed by atoms with Gasteiger partial charge in [-0.1, -0.05) is 124 Å². The second-order valence-corrected chi connectivity index (χ2v) is 11.9. The smallest absolute Gasteiger partial charge is 0.0641 e. The number of hydrogen-bond acceptors (Lipinski definition) is 0. The average molecular weight is 605 g/mol. The maximum atomic E-state index is 4.23. The molecular formula is C45H36N2. The molecule has 0 radical (unpaired) electrons. The first kappa shape index (κ1) is 28.6. The van der Waals surface area contributed by atoms with Crippen LogP contribution < -0.4 is 0 Å². The van der Waals surface area contributed by atoms with Crippen molar-refractivity contribution in [1.82, 2.24) is 9.13 Å². The van der Waals surface area contributed by atoms with Gasteiger partial charge in [0, 0.05) is 32.9 Å². The van der Waals surface area contributed by atoms with Gasteiger partial charge in [0.05, 0.1) is 22.1 Å². The molecule has 2 aromatic heterocycles. The highest BCUT2D eigenvalue weighted by Crippen LogP contribution is 2.43. The van der Waals surface area contributed by atoms with Gasteiger partial charge in [-0.25, -0.2) is 0 Å². The van der Waals surface area contributed by atoms with Gasteiger partial charge in [-0.15, -0.1) is 0 Å². The lowest BCUT2D eigenvalue weighted by molar-refractivity contribution is 1.17. The highest BCUT2D eigenvalue weighted by Gasteiger charge is 2.22. The summed E-state index contributed by atoms with van der Waals surface area (Å²) in [5.41, 5.74) is 10.6. The van der Waals surface area contributed by atoms with Crippen molar-refractivity contribution in [3.63, 3.8) is 0 Å². The highest BCUT2D eigenvalue weighted by molar-refractivity contribution is 6.26. The van der Waals surface area contributed by atoms with Gasteiger partial charge in [0.2, 0.25) is 0 Å². The summed E-state index contributed by atoms with van der Waals surface area (Å²) in [6.45, 7) is 14.6. The van der Waals surface area contributed by atoms with Gasteiger partial charge in [0.1, 0.15) is 0 Å². The van der Waals surface area contributed by atoms with Crippen LogP contribution in [-0.4, -0.2) is 9.13 Å². The summed E-state index contributed by atoms with van der Waals surface area (Å²) in [4.78, 5) is 0. The molecule has 0 aliphatic heterocycles. The molecule has 0 fully saturated rings. The van der Waals surface area contributed by atoms with Crippen LogP contribution in [0, 0.1) is 6.92 Å². The lowest BCUT2D eigenvalue weighted by Gasteiger charge is -2.18. The lowest BCUT2D eigenvalue weighted by atomic mass is 9.89. The van der Waals surface area contributed by atoms with Crippen LogP contribution in [-0.2, 0) is 0 Å². The molecule has 0 amide bonds. The van der Waals surface area contributed by atoms with Crippen LogP contribution in [0.25, 0.3) is 88.7 Å². The number of rotatable bonds is 4. The molecule has 9 aromatic rings. The minimum absolute atomic E-state index is 1.14. The van der Waals surface area contributed by atoms with Crippen molar-refractivity contribution in [3.8, 4) is 11.4 Å². The van der Waals surface area contributed by atoms with E-state index in [2.05, 4.69) is 157 Å². The van der Waals surface area contributed by atoms with Crippen LogP contribution in [0.1, 0.15) is 30.5 Å². The van der Waals surface area contributed by atoms with Crippen molar-refractivity contribution in [2.45, 2.75) is 20.8 Å². The second kappa shape index (κ2) is 11.2. The first-order chi connectivity index (χ1) is 23.2. The van der Waals surface area contributed by atoms with Crippen LogP contribution in [0.15, 0.2) is 141 Å². The van der Waals surface area contributed by atoms with E-state index in [1.165, 1.54) is 70.7 Å². The molecule has 0 aliphatic rings. The fraction of sp³-hybridized carbons (Fsp3) is 0.0667. The quantitative estimate of drug-likeness (QED) is 0.177. The Balaban J connectivity index is 0.00000159. The Bertz CT molecular complexity index is 2680. The summed E-state index contributed by atoms with van der Waals surface area (Å²) in [6.07, 6.45) is 3.96. The molecule has 2 nitrogen and oxygen atoms in total. The summed E-state index contributed by atoms with van der Waals surface area (Å²) in [6, 6.07) is 46.3. The molecule has 0 aliphatic carbocycles. The molecule has 0 spiro atoms. The molecule has 0 atom stereocenters. The van der Waals surface area contributed by atoms with Crippen LogP contribution in [0.5, 0.6) is 0 Å². The van der Waals surface area contributed by atoms with Gasteiger partial charge < -0.3 is 9.13 Å². The molecule has 0 bridgehead atoms. The molecule has 0 unspecified atom stereocenters. The molecule has 0 N–H and O–H groups in total. The van der Waals surface area contributed by atoms with Crippen LogP contribution >= 0.6 is 0 Å². The molecule has 2 heterocycles. The minimum Gasteiger partial charge on any atom is -0.309 e. The van der Waals surface area contributed by atoms with Gasteiger partial charge in [0.15, 0.2) is 0 Å². The third-order valence-electron chi connectivity index (χ3n) is 9.54. The van der Waals surface area contributed by atoms with Gasteiger partial charge >= 0.3 is 0 Å². The van der Waals surface area contributed by atoms with Crippen molar-refractivity contribution < 1.29 is 0 Å². The van der Waals surface area contributed by atoms with Crippen molar-refractivity contribution in [2.24, 2.45) is 0 Å². The summed E-state index contributed by atoms with van der Waals surface area (Å²) in [5.74, 6) is 0. The Labute approximate surface area is 275 Å². The van der Waals surface area contributed by atoms with E-state index in [0.29, 0.717) is 0 Å². The van der Waals surface area contributed by atoms with Crippen molar-refractivity contribution in [3.05, 3.63) is 157 Å². The number of fused-ring (bicyclic) bond motifs is 10. The predicted molar refractivity (Wildman–Crippen MR) is 206 cm³/mol. The first-order valence-corrected chi connectivity index (χ1v) is 16.4. The Morgan fingerprint density at radius 3 is 1.74 bits per heavy atom. The van der Waals surface area contributed by atoms with Gasteiger partial charge in [-0.3, -0.25) is 0 Å². The summed E-state index contributed by atoms with van der Waals surface area (Å²) < 4.78 is 4.89. The fourth-order valence-electron chi connectivity index (χ4n) is 7.76. The van der Waals surface area contributed by atoms with E-state index >= 15 is 0 Å². The molecule has 0 saturated heterocycles. The summed E-state index contributed by atoms with van der Waals surface area (Å²) in [5, 5.41) is 9.90. The number of benzene rings is 7. The van der Waals surface area contributed by atoms with Crippen LogP contribution in [0.2, 0.25) is 0 Å². The van der Waals surface area contributed by atoms with E-state index in [-0.39, 0.29) is 0 Å². The van der Waals surface area contributed by atoms with Gasteiger partial charge in [-0.05, 0) is 87.6 Å². The summed E-state index contributed by atoms with van der Waals surface area (Å²) >= 11 is 0. The molecule has 2 heteroatoms. The summed E-state index contributed by atoms with van der Waals surface area (Å²) in [7, 11) is 0. The van der Waals surface area contributed by atoms with E-state index < -0.39 is 0 Å². The molecular weight excluding hydrogens is 569 g/mol. The van der Waals surface area contributed by atoms with E-state index in [9.17, 15) is 0 Å². The van der Waals surface area contributed by atoms with E-state index in [4.69, 9.17) is 0 Å². The predicted octanol–water partition coefficient (Wildman–Crippen LogP) is 12.8. The molecule has 226 valence electrons. The van der Waals surface area contributed by atoms with Crippen molar-refractivity contribution >= 4 is 77.3 Å². The third kappa shape index (κ3) is 4.05. The lowest BCUT2D eigenvalue weighted by Crippen LogP contribution is -1.98. The van der Waals surface area contributed by atoms with Gasteiger partial charge in [-0.2, -0.15) is 0 Å². The number of para-hydroxylation sites is 3. The molecule has 7 aromatic carbocycles. The largest absolute Gasteiger partial charge is 0.309 e. The van der Waals surface area contributed by atoms with Crippen LogP contribution in [0.3, 0.4) is 0 Å². The highest BCUT2D eigenvalue weighted by atomic mass is 15.0. The Hall–Kier alpha value is -5.86. The third-order valence-corrected chi connectivity index (χ3v) is 9.54. The first-order valence-electron chi connectivity index (χ1n) is 16.4. The Morgan fingerprint density at radius 1 is 0.447 bits per heavy atom. The van der Waals surface area contributed by atoms with E-state index in [0.717, 1.165) is 22.5 Å². The SMILES string of the molecule is C=Cc1c(C=C)c2c(C)cc(-n3c4ccccc4c4ccc5c(c6ccccc6n5-c5ccccc5)c43)cc2c2ccccc12.CC. The molecule has 0 saturated carbocycles. The van der Waals surface area contributed by atoms with E-state index in [1.54, 1.807) is 0 Å². The zero-order valence-electron chi connectivity index (χ0n) is 27.1. The topological polar surface area (TPSA) is 9.86 Å². The van der Waals surface area contributed by atoms with E-state index in [1.807, 2.05) is 26.0 Å².